The van der Waals surface area contributed by atoms with Crippen molar-refractivity contribution in [2.45, 2.75) is 13.0 Å². The molecule has 0 fully saturated rings. The fraction of sp³-hybridized carbons (Fsp3) is 0.500. The molecule has 4 nitrogen and oxygen atoms in total. The molecule has 0 bridgehead atoms. The zero-order valence-electron chi connectivity index (χ0n) is 5.79. The van der Waals surface area contributed by atoms with Gasteiger partial charge in [0, 0.05) is 0 Å². The number of carbonyl (C=O) groups excluding carboxylic acids is 2. The summed E-state index contributed by atoms with van der Waals surface area (Å²) in [6.07, 6.45) is 0.411. The van der Waals surface area contributed by atoms with Gasteiger partial charge in [0.25, 0.3) is 0 Å². The molecule has 0 saturated carbocycles. The molecule has 57 valence electrons. The van der Waals surface area contributed by atoms with Gasteiger partial charge in [0.2, 0.25) is 6.41 Å². The van der Waals surface area contributed by atoms with Gasteiger partial charge in [-0.2, -0.15) is 0 Å². The van der Waals surface area contributed by atoms with E-state index in [9.17, 15) is 9.59 Å². The first kappa shape index (κ1) is 8.94. The molecule has 0 aromatic heterocycles. The van der Waals surface area contributed by atoms with Crippen molar-refractivity contribution in [2.75, 3.05) is 6.61 Å². The third-order valence-electron chi connectivity index (χ3n) is 0.840. The molecule has 1 unspecified atom stereocenters. The molecule has 0 saturated heterocycles. The topological polar surface area (TPSA) is 55.4 Å². The number of hydrogen-bond acceptors (Lipinski definition) is 3. The molecule has 0 rings (SSSR count). The Morgan fingerprint density at radius 3 is 2.90 bits per heavy atom. The number of nitrogens with one attached hydrogen (secondary N) is 1. The molecule has 1 N–H and O–H groups in total. The van der Waals surface area contributed by atoms with Gasteiger partial charge in [-0.05, 0) is 13.8 Å². The molecule has 0 aliphatic rings. The van der Waals surface area contributed by atoms with Gasteiger partial charge >= 0.3 is 5.97 Å². The number of amides is 1. The van der Waals surface area contributed by atoms with Crippen LogP contribution in [0.2, 0.25) is 0 Å². The zero-order chi connectivity index (χ0) is 7.98. The van der Waals surface area contributed by atoms with Crippen molar-refractivity contribution >= 4 is 12.4 Å². The van der Waals surface area contributed by atoms with Crippen molar-refractivity contribution in [2.24, 2.45) is 0 Å². The molecule has 10 heavy (non-hydrogen) atoms. The maximum absolute atomic E-state index is 10.6. The Morgan fingerprint density at radius 1 is 1.90 bits per heavy atom. The number of ether oxygens (including phenoxy) is 1. The number of carbonyl (C=O) groups is 2. The predicted octanol–water partition coefficient (Wildman–Crippen LogP) is -0.502. The summed E-state index contributed by atoms with van der Waals surface area (Å²) in [5.74, 6) is -0.519. The van der Waals surface area contributed by atoms with Crippen LogP contribution in [0.3, 0.4) is 0 Å². The van der Waals surface area contributed by atoms with Crippen LogP contribution in [-0.2, 0) is 14.3 Å². The van der Waals surface area contributed by atoms with Crippen LogP contribution in [0.1, 0.15) is 6.92 Å². The predicted molar refractivity (Wildman–Crippen MR) is 35.0 cm³/mol. The Bertz CT molecular complexity index is 124. The van der Waals surface area contributed by atoms with E-state index in [0.717, 1.165) is 0 Å². The summed E-state index contributed by atoms with van der Waals surface area (Å²) < 4.78 is 4.53. The monoisotopic (exact) mass is 144 g/mol. The standard InChI is InChI=1S/C6H10NO3/c1-3-10-6(9)5(2)7-4-8/h4-5H,2-3H2,1H3,(H,7,8). The molecular formula is C6H10NO3. The van der Waals surface area contributed by atoms with Gasteiger partial charge in [0.05, 0.1) is 6.61 Å². The van der Waals surface area contributed by atoms with Crippen LogP contribution < -0.4 is 5.32 Å². The van der Waals surface area contributed by atoms with Gasteiger partial charge in [-0.3, -0.25) is 4.79 Å². The average molecular weight is 144 g/mol. The molecule has 0 aliphatic carbocycles. The van der Waals surface area contributed by atoms with E-state index < -0.39 is 12.0 Å². The lowest BCUT2D eigenvalue weighted by atomic mass is 10.3. The van der Waals surface area contributed by atoms with E-state index in [4.69, 9.17) is 0 Å². The third-order valence-corrected chi connectivity index (χ3v) is 0.840. The highest BCUT2D eigenvalue weighted by atomic mass is 16.5. The normalized spacial score (nSPS) is 11.8. The van der Waals surface area contributed by atoms with E-state index in [0.29, 0.717) is 13.0 Å². The van der Waals surface area contributed by atoms with Crippen LogP contribution in [-0.4, -0.2) is 25.0 Å². The van der Waals surface area contributed by atoms with Crippen LogP contribution in [0.4, 0.5) is 0 Å². The van der Waals surface area contributed by atoms with Gasteiger partial charge in [0.15, 0.2) is 0 Å². The van der Waals surface area contributed by atoms with Gasteiger partial charge in [0.1, 0.15) is 6.04 Å². The molecule has 0 aromatic carbocycles. The van der Waals surface area contributed by atoms with Crippen LogP contribution in [0, 0.1) is 6.92 Å². The quantitative estimate of drug-likeness (QED) is 0.427. The lowest BCUT2D eigenvalue weighted by Gasteiger charge is -2.07. The summed E-state index contributed by atoms with van der Waals surface area (Å²) in [6, 6.07) is -0.794. The van der Waals surface area contributed by atoms with Crippen molar-refractivity contribution in [1.29, 1.82) is 0 Å². The smallest absolute Gasteiger partial charge is 0.328 e. The van der Waals surface area contributed by atoms with Crippen LogP contribution in [0.5, 0.6) is 0 Å². The first-order valence-electron chi connectivity index (χ1n) is 2.91. The summed E-state index contributed by atoms with van der Waals surface area (Å²) >= 11 is 0. The van der Waals surface area contributed by atoms with Gasteiger partial charge in [-0.25, -0.2) is 4.79 Å². The van der Waals surface area contributed by atoms with Gasteiger partial charge in [-0.15, -0.1) is 0 Å². The average Bonchev–Trinajstić information content (AvgIpc) is 1.89. The summed E-state index contributed by atoms with van der Waals surface area (Å²) in [4.78, 5) is 20.4. The molecule has 1 atom stereocenters. The highest BCUT2D eigenvalue weighted by Gasteiger charge is 2.11. The largest absolute Gasteiger partial charge is 0.464 e. The molecular weight excluding hydrogens is 134 g/mol. The summed E-state index contributed by atoms with van der Waals surface area (Å²) in [7, 11) is 0. The Labute approximate surface area is 59.6 Å². The van der Waals surface area contributed by atoms with Gasteiger partial charge < -0.3 is 10.1 Å². The SMILES string of the molecule is [CH2]C(NC=O)C(=O)OCC. The van der Waals surface area contributed by atoms with E-state index in [-0.39, 0.29) is 0 Å². The van der Waals surface area contributed by atoms with Crippen LogP contribution >= 0.6 is 0 Å². The van der Waals surface area contributed by atoms with Gasteiger partial charge in [-0.1, -0.05) is 0 Å². The first-order chi connectivity index (χ1) is 4.72. The second kappa shape index (κ2) is 4.78. The summed E-state index contributed by atoms with van der Waals surface area (Å²) in [6.45, 7) is 5.31. The zero-order valence-corrected chi connectivity index (χ0v) is 5.79. The Morgan fingerprint density at radius 2 is 2.50 bits per heavy atom. The summed E-state index contributed by atoms with van der Waals surface area (Å²) in [5.41, 5.74) is 0. The molecule has 1 amide bonds. The van der Waals surface area contributed by atoms with Crippen molar-refractivity contribution < 1.29 is 14.3 Å². The van der Waals surface area contributed by atoms with Crippen LogP contribution in [0.15, 0.2) is 0 Å². The second-order valence-corrected chi connectivity index (χ2v) is 1.59. The first-order valence-corrected chi connectivity index (χ1v) is 2.91. The van der Waals surface area contributed by atoms with Crippen molar-refractivity contribution in [3.63, 3.8) is 0 Å². The molecule has 0 aliphatic heterocycles. The molecule has 4 heteroatoms. The minimum absolute atomic E-state index is 0.297. The van der Waals surface area contributed by atoms with E-state index >= 15 is 0 Å². The van der Waals surface area contributed by atoms with E-state index in [1.165, 1.54) is 0 Å². The van der Waals surface area contributed by atoms with Crippen molar-refractivity contribution in [3.05, 3.63) is 6.92 Å². The maximum atomic E-state index is 10.6. The second-order valence-electron chi connectivity index (χ2n) is 1.59. The maximum Gasteiger partial charge on any atom is 0.328 e. The molecule has 0 spiro atoms. The van der Waals surface area contributed by atoms with Crippen molar-refractivity contribution in [1.82, 2.24) is 5.32 Å². The lowest BCUT2D eigenvalue weighted by Crippen LogP contribution is -2.34. The molecule has 0 heterocycles. The third kappa shape index (κ3) is 3.06. The molecule has 0 aromatic rings. The number of esters is 1. The Kier molecular flexibility index (Phi) is 4.28. The molecule has 1 radical (unpaired) electrons. The summed E-state index contributed by atoms with van der Waals surface area (Å²) in [5, 5.41) is 2.16. The number of hydrogen-bond donors (Lipinski definition) is 1. The fourth-order valence-electron chi connectivity index (χ4n) is 0.393. The van der Waals surface area contributed by atoms with E-state index in [2.05, 4.69) is 17.0 Å². The highest BCUT2D eigenvalue weighted by molar-refractivity contribution is 5.78. The minimum Gasteiger partial charge on any atom is -0.464 e. The van der Waals surface area contributed by atoms with E-state index in [1.807, 2.05) is 0 Å². The fourth-order valence-corrected chi connectivity index (χ4v) is 0.393. The number of rotatable bonds is 4. The lowest BCUT2D eigenvalue weighted by molar-refractivity contribution is -0.145. The Balaban J connectivity index is 3.58. The Hall–Kier alpha value is -1.06. The van der Waals surface area contributed by atoms with Crippen molar-refractivity contribution in [3.8, 4) is 0 Å². The minimum atomic E-state index is -0.794. The van der Waals surface area contributed by atoms with E-state index in [1.54, 1.807) is 6.92 Å². The highest BCUT2D eigenvalue weighted by Crippen LogP contribution is 1.84. The van der Waals surface area contributed by atoms with Crippen LogP contribution in [0.25, 0.3) is 0 Å².